The quantitative estimate of drug-likeness (QED) is 0.652. The van der Waals surface area contributed by atoms with E-state index in [0.29, 0.717) is 11.3 Å². The molecule has 0 fully saturated rings. The first-order valence-electron chi connectivity index (χ1n) is 6.41. The summed E-state index contributed by atoms with van der Waals surface area (Å²) < 4.78 is 28.9. The van der Waals surface area contributed by atoms with E-state index in [9.17, 15) is 13.5 Å². The van der Waals surface area contributed by atoms with Crippen LogP contribution in [0.2, 0.25) is 0 Å². The fourth-order valence-corrected chi connectivity index (χ4v) is 2.52. The number of rotatable bonds is 5. The van der Waals surface area contributed by atoms with Gasteiger partial charge in [-0.1, -0.05) is 17.7 Å². The summed E-state index contributed by atoms with van der Waals surface area (Å²) in [7, 11) is -2.26. The number of nitrogens with zero attached hydrogens (tertiary/aromatic N) is 1. The summed E-state index contributed by atoms with van der Waals surface area (Å²) >= 11 is 0. The topological polar surface area (TPSA) is 88.0 Å². The molecule has 7 heteroatoms. The maximum atomic E-state index is 12.0. The summed E-state index contributed by atoms with van der Waals surface area (Å²) in [4.78, 5) is 2.25. The number of benzene rings is 2. The molecule has 116 valence electrons. The predicted molar refractivity (Wildman–Crippen MR) is 83.8 cm³/mol. The molecule has 0 saturated heterocycles. The fourth-order valence-electron chi connectivity index (χ4n) is 1.73. The van der Waals surface area contributed by atoms with Gasteiger partial charge in [-0.25, -0.2) is 4.83 Å². The number of methoxy groups -OCH3 is 1. The van der Waals surface area contributed by atoms with Gasteiger partial charge >= 0.3 is 0 Å². The lowest BCUT2D eigenvalue weighted by atomic mass is 10.2. The Kier molecular flexibility index (Phi) is 4.67. The summed E-state index contributed by atoms with van der Waals surface area (Å²) in [5.41, 5.74) is 1.50. The lowest BCUT2D eigenvalue weighted by molar-refractivity contribution is 0.373. The average Bonchev–Trinajstić information content (AvgIpc) is 2.48. The Balaban J connectivity index is 2.11. The van der Waals surface area contributed by atoms with Crippen LogP contribution >= 0.6 is 0 Å². The van der Waals surface area contributed by atoms with Gasteiger partial charge in [0.2, 0.25) is 0 Å². The smallest absolute Gasteiger partial charge is 0.276 e. The highest BCUT2D eigenvalue weighted by Crippen LogP contribution is 2.25. The van der Waals surface area contributed by atoms with Crippen LogP contribution < -0.4 is 9.57 Å². The van der Waals surface area contributed by atoms with Crippen molar-refractivity contribution in [2.45, 2.75) is 11.8 Å². The van der Waals surface area contributed by atoms with E-state index in [0.717, 1.165) is 5.56 Å². The molecule has 0 bridgehead atoms. The van der Waals surface area contributed by atoms with Gasteiger partial charge in [0.1, 0.15) is 0 Å². The highest BCUT2D eigenvalue weighted by Gasteiger charge is 2.11. The molecule has 2 aromatic rings. The monoisotopic (exact) mass is 320 g/mol. The fraction of sp³-hybridized carbons (Fsp3) is 0.133. The molecule has 6 nitrogen and oxygen atoms in total. The van der Waals surface area contributed by atoms with E-state index in [4.69, 9.17) is 4.74 Å². The second-order valence-electron chi connectivity index (χ2n) is 4.60. The third-order valence-electron chi connectivity index (χ3n) is 2.92. The Morgan fingerprint density at radius 3 is 2.45 bits per heavy atom. The molecule has 2 aromatic carbocycles. The van der Waals surface area contributed by atoms with Gasteiger partial charge in [0, 0.05) is 0 Å². The largest absolute Gasteiger partial charge is 0.504 e. The van der Waals surface area contributed by atoms with Gasteiger partial charge in [-0.15, -0.1) is 0 Å². The predicted octanol–water partition coefficient (Wildman–Crippen LogP) is 2.02. The van der Waals surface area contributed by atoms with Crippen LogP contribution in [0.15, 0.2) is 52.5 Å². The third-order valence-corrected chi connectivity index (χ3v) is 4.16. The number of hydrogen-bond donors (Lipinski definition) is 2. The first-order chi connectivity index (χ1) is 10.4. The first kappa shape index (κ1) is 15.8. The summed E-state index contributed by atoms with van der Waals surface area (Å²) in [5, 5.41) is 13.3. The van der Waals surface area contributed by atoms with Crippen LogP contribution in [0.1, 0.15) is 11.1 Å². The SMILES string of the molecule is COc1ccc(/C=N/NS(=O)(=O)c2ccc(C)cc2)cc1O. The Morgan fingerprint density at radius 2 is 1.86 bits per heavy atom. The van der Waals surface area contributed by atoms with Crippen molar-refractivity contribution in [2.24, 2.45) is 5.10 Å². The molecule has 0 atom stereocenters. The van der Waals surface area contributed by atoms with Crippen LogP contribution in [0.5, 0.6) is 11.5 Å². The second-order valence-corrected chi connectivity index (χ2v) is 6.26. The van der Waals surface area contributed by atoms with Crippen LogP contribution in [0.4, 0.5) is 0 Å². The van der Waals surface area contributed by atoms with Gasteiger partial charge < -0.3 is 9.84 Å². The number of phenols is 1. The van der Waals surface area contributed by atoms with E-state index < -0.39 is 10.0 Å². The molecule has 0 saturated carbocycles. The van der Waals surface area contributed by atoms with Crippen molar-refractivity contribution >= 4 is 16.2 Å². The van der Waals surface area contributed by atoms with E-state index in [-0.39, 0.29) is 10.6 Å². The summed E-state index contributed by atoms with van der Waals surface area (Å²) in [5.74, 6) is 0.283. The first-order valence-corrected chi connectivity index (χ1v) is 7.89. The molecule has 0 radical (unpaired) electrons. The van der Waals surface area contributed by atoms with E-state index in [2.05, 4.69) is 9.93 Å². The average molecular weight is 320 g/mol. The van der Waals surface area contributed by atoms with Gasteiger partial charge in [0.25, 0.3) is 10.0 Å². The Labute approximate surface area is 129 Å². The van der Waals surface area contributed by atoms with E-state index in [1.165, 1.54) is 31.5 Å². The van der Waals surface area contributed by atoms with Crippen molar-refractivity contribution in [1.82, 2.24) is 4.83 Å². The summed E-state index contributed by atoms with van der Waals surface area (Å²) in [6.45, 7) is 1.87. The van der Waals surface area contributed by atoms with Gasteiger partial charge in [-0.3, -0.25) is 0 Å². The van der Waals surface area contributed by atoms with E-state index in [1.807, 2.05) is 6.92 Å². The zero-order chi connectivity index (χ0) is 16.2. The van der Waals surface area contributed by atoms with Crippen molar-refractivity contribution in [1.29, 1.82) is 0 Å². The lowest BCUT2D eigenvalue weighted by Crippen LogP contribution is -2.18. The number of ether oxygens (including phenoxy) is 1. The highest BCUT2D eigenvalue weighted by atomic mass is 32.2. The third kappa shape index (κ3) is 3.76. The van der Waals surface area contributed by atoms with Crippen molar-refractivity contribution in [2.75, 3.05) is 7.11 Å². The number of phenolic OH excluding ortho intramolecular Hbond substituents is 1. The molecule has 22 heavy (non-hydrogen) atoms. The van der Waals surface area contributed by atoms with Crippen LogP contribution in [-0.2, 0) is 10.0 Å². The highest BCUT2D eigenvalue weighted by molar-refractivity contribution is 7.89. The molecule has 0 aromatic heterocycles. The van der Waals surface area contributed by atoms with E-state index in [1.54, 1.807) is 24.3 Å². The maximum Gasteiger partial charge on any atom is 0.276 e. The minimum absolute atomic E-state index is 0.0483. The molecule has 0 unspecified atom stereocenters. The number of nitrogens with one attached hydrogen (secondary N) is 1. The van der Waals surface area contributed by atoms with Crippen LogP contribution in [0.3, 0.4) is 0 Å². The van der Waals surface area contributed by atoms with Crippen molar-refractivity contribution in [3.8, 4) is 11.5 Å². The minimum Gasteiger partial charge on any atom is -0.504 e. The molecule has 2 rings (SSSR count). The molecule has 0 aliphatic heterocycles. The number of sulfonamides is 1. The lowest BCUT2D eigenvalue weighted by Gasteiger charge is -2.04. The van der Waals surface area contributed by atoms with Gasteiger partial charge in [0.05, 0.1) is 18.2 Å². The number of hydrogen-bond acceptors (Lipinski definition) is 5. The standard InChI is InChI=1S/C15H16N2O4S/c1-11-3-6-13(7-4-11)22(19,20)17-16-10-12-5-8-15(21-2)14(18)9-12/h3-10,17-18H,1-2H3/b16-10+. The molecule has 0 aliphatic carbocycles. The van der Waals surface area contributed by atoms with Crippen LogP contribution in [-0.4, -0.2) is 26.8 Å². The van der Waals surface area contributed by atoms with Crippen molar-refractivity contribution in [3.63, 3.8) is 0 Å². The van der Waals surface area contributed by atoms with Crippen LogP contribution in [0.25, 0.3) is 0 Å². The number of aryl methyl sites for hydroxylation is 1. The van der Waals surface area contributed by atoms with Crippen LogP contribution in [0, 0.1) is 6.92 Å². The minimum atomic E-state index is -3.71. The van der Waals surface area contributed by atoms with E-state index >= 15 is 0 Å². The molecule has 0 amide bonds. The normalized spacial score (nSPS) is 11.5. The zero-order valence-corrected chi connectivity index (χ0v) is 13.0. The molecular formula is C15H16N2O4S. The molecule has 0 aliphatic rings. The number of hydrazone groups is 1. The summed E-state index contributed by atoms with van der Waals surface area (Å²) in [6, 6.07) is 11.0. The Morgan fingerprint density at radius 1 is 1.18 bits per heavy atom. The van der Waals surface area contributed by atoms with Gasteiger partial charge in [-0.05, 0) is 42.8 Å². The number of aromatic hydroxyl groups is 1. The van der Waals surface area contributed by atoms with Crippen molar-refractivity contribution in [3.05, 3.63) is 53.6 Å². The zero-order valence-electron chi connectivity index (χ0n) is 12.1. The molecule has 2 N–H and O–H groups in total. The van der Waals surface area contributed by atoms with Gasteiger partial charge in [-0.2, -0.15) is 13.5 Å². The Hall–Kier alpha value is -2.54. The molecule has 0 heterocycles. The Bertz CT molecular complexity index is 784. The molecular weight excluding hydrogens is 304 g/mol. The molecule has 0 spiro atoms. The van der Waals surface area contributed by atoms with Crippen molar-refractivity contribution < 1.29 is 18.3 Å². The maximum absolute atomic E-state index is 12.0. The second kappa shape index (κ2) is 6.48. The van der Waals surface area contributed by atoms with Gasteiger partial charge in [0.15, 0.2) is 11.5 Å². The summed E-state index contributed by atoms with van der Waals surface area (Å²) in [6.07, 6.45) is 1.30.